The highest BCUT2D eigenvalue weighted by molar-refractivity contribution is 7.89. The van der Waals surface area contributed by atoms with E-state index in [2.05, 4.69) is 0 Å². The summed E-state index contributed by atoms with van der Waals surface area (Å²) in [6, 6.07) is 8.12. The van der Waals surface area contributed by atoms with Gasteiger partial charge in [-0.3, -0.25) is 0 Å². The van der Waals surface area contributed by atoms with E-state index in [9.17, 15) is 8.42 Å². The van der Waals surface area contributed by atoms with Crippen LogP contribution in [0.3, 0.4) is 0 Å². The molecule has 2 heterocycles. The Kier molecular flexibility index (Phi) is 3.05. The first kappa shape index (κ1) is 12.6. The standard InChI is InChI=1S/C13H14N2O3S/c14-7-10-2-1-3-13(6-10)19(16,17)15-8-11-4-5-12(9-15)18-11/h1-3,6,11-12H,4-5,8-9H2. The second kappa shape index (κ2) is 4.60. The molecule has 1 aromatic rings. The predicted molar refractivity (Wildman–Crippen MR) is 67.8 cm³/mol. The molecule has 2 aliphatic rings. The summed E-state index contributed by atoms with van der Waals surface area (Å²) in [5, 5.41) is 8.85. The Balaban J connectivity index is 1.92. The first-order chi connectivity index (χ1) is 9.09. The van der Waals surface area contributed by atoms with E-state index in [0.29, 0.717) is 18.7 Å². The maximum Gasteiger partial charge on any atom is 0.243 e. The molecule has 0 amide bonds. The molecule has 2 saturated heterocycles. The molecule has 2 aliphatic heterocycles. The molecule has 5 nitrogen and oxygen atoms in total. The van der Waals surface area contributed by atoms with Crippen molar-refractivity contribution in [2.75, 3.05) is 13.1 Å². The van der Waals surface area contributed by atoms with Crippen LogP contribution in [0.4, 0.5) is 0 Å². The van der Waals surface area contributed by atoms with Gasteiger partial charge < -0.3 is 4.74 Å². The average molecular weight is 278 g/mol. The molecule has 19 heavy (non-hydrogen) atoms. The van der Waals surface area contributed by atoms with Gasteiger partial charge in [-0.1, -0.05) is 6.07 Å². The molecule has 1 aromatic carbocycles. The highest BCUT2D eigenvalue weighted by Crippen LogP contribution is 2.29. The van der Waals surface area contributed by atoms with Crippen LogP contribution >= 0.6 is 0 Å². The van der Waals surface area contributed by atoms with Gasteiger partial charge in [0.15, 0.2) is 0 Å². The number of fused-ring (bicyclic) bond motifs is 2. The van der Waals surface area contributed by atoms with Crippen LogP contribution in [-0.4, -0.2) is 38.0 Å². The van der Waals surface area contributed by atoms with Crippen molar-refractivity contribution in [2.24, 2.45) is 0 Å². The number of hydrogen-bond donors (Lipinski definition) is 0. The summed E-state index contributed by atoms with van der Waals surface area (Å²) in [4.78, 5) is 0.188. The Morgan fingerprint density at radius 1 is 1.26 bits per heavy atom. The van der Waals surface area contributed by atoms with Crippen molar-refractivity contribution < 1.29 is 13.2 Å². The molecule has 6 heteroatoms. The lowest BCUT2D eigenvalue weighted by Gasteiger charge is -2.31. The van der Waals surface area contributed by atoms with E-state index in [1.54, 1.807) is 12.1 Å². The normalized spacial score (nSPS) is 27.1. The molecule has 2 bridgehead atoms. The second-order valence-electron chi connectivity index (χ2n) is 4.92. The van der Waals surface area contributed by atoms with Gasteiger partial charge in [0.05, 0.1) is 28.7 Å². The second-order valence-corrected chi connectivity index (χ2v) is 6.86. The van der Waals surface area contributed by atoms with Gasteiger partial charge in [0.25, 0.3) is 0 Å². The minimum atomic E-state index is -3.52. The third-order valence-corrected chi connectivity index (χ3v) is 5.44. The number of ether oxygens (including phenoxy) is 1. The van der Waals surface area contributed by atoms with Crippen LogP contribution in [0.1, 0.15) is 18.4 Å². The molecule has 0 spiro atoms. The molecule has 0 aliphatic carbocycles. The Hall–Kier alpha value is -1.42. The Bertz CT molecular complexity index is 624. The van der Waals surface area contributed by atoms with Crippen LogP contribution in [0, 0.1) is 11.3 Å². The molecule has 0 aromatic heterocycles. The van der Waals surface area contributed by atoms with Crippen molar-refractivity contribution >= 4 is 10.0 Å². The summed E-state index contributed by atoms with van der Waals surface area (Å²) in [5.74, 6) is 0. The van der Waals surface area contributed by atoms with Crippen LogP contribution in [-0.2, 0) is 14.8 Å². The zero-order valence-corrected chi connectivity index (χ0v) is 11.1. The van der Waals surface area contributed by atoms with E-state index in [0.717, 1.165) is 12.8 Å². The third kappa shape index (κ3) is 2.25. The van der Waals surface area contributed by atoms with Crippen LogP contribution in [0.2, 0.25) is 0 Å². The summed E-state index contributed by atoms with van der Waals surface area (Å²) in [6.45, 7) is 0.825. The van der Waals surface area contributed by atoms with Crippen molar-refractivity contribution in [2.45, 2.75) is 29.9 Å². The fraction of sp³-hybridized carbons (Fsp3) is 0.462. The number of sulfonamides is 1. The van der Waals surface area contributed by atoms with Crippen molar-refractivity contribution in [1.82, 2.24) is 4.31 Å². The maximum atomic E-state index is 12.5. The number of rotatable bonds is 2. The monoisotopic (exact) mass is 278 g/mol. The topological polar surface area (TPSA) is 70.4 Å². The van der Waals surface area contributed by atoms with Gasteiger partial charge in [-0.2, -0.15) is 9.57 Å². The van der Waals surface area contributed by atoms with Crippen LogP contribution < -0.4 is 0 Å². The Morgan fingerprint density at radius 3 is 2.58 bits per heavy atom. The molecule has 2 atom stereocenters. The molecule has 100 valence electrons. The van der Waals surface area contributed by atoms with Crippen molar-refractivity contribution in [3.63, 3.8) is 0 Å². The number of benzene rings is 1. The summed E-state index contributed by atoms with van der Waals surface area (Å²) < 4.78 is 32.2. The summed E-state index contributed by atoms with van der Waals surface area (Å²) >= 11 is 0. The third-order valence-electron chi connectivity index (χ3n) is 3.61. The lowest BCUT2D eigenvalue weighted by Crippen LogP contribution is -2.45. The van der Waals surface area contributed by atoms with Crippen molar-refractivity contribution in [1.29, 1.82) is 5.26 Å². The van der Waals surface area contributed by atoms with E-state index in [1.165, 1.54) is 16.4 Å². The van der Waals surface area contributed by atoms with E-state index in [-0.39, 0.29) is 17.1 Å². The van der Waals surface area contributed by atoms with Gasteiger partial charge in [0, 0.05) is 13.1 Å². The lowest BCUT2D eigenvalue weighted by atomic mass is 10.2. The summed E-state index contributed by atoms with van der Waals surface area (Å²) in [6.07, 6.45) is 1.89. The van der Waals surface area contributed by atoms with Crippen LogP contribution in [0.15, 0.2) is 29.2 Å². The maximum absolute atomic E-state index is 12.5. The van der Waals surface area contributed by atoms with Crippen molar-refractivity contribution in [3.8, 4) is 6.07 Å². The average Bonchev–Trinajstić information content (AvgIpc) is 2.77. The van der Waals surface area contributed by atoms with Crippen LogP contribution in [0.5, 0.6) is 0 Å². The highest BCUT2D eigenvalue weighted by atomic mass is 32.2. The lowest BCUT2D eigenvalue weighted by molar-refractivity contribution is -0.0114. The summed E-state index contributed by atoms with van der Waals surface area (Å²) in [7, 11) is -3.52. The Labute approximate surface area is 112 Å². The van der Waals surface area contributed by atoms with Crippen molar-refractivity contribution in [3.05, 3.63) is 29.8 Å². The molecule has 2 unspecified atom stereocenters. The van der Waals surface area contributed by atoms with E-state index < -0.39 is 10.0 Å². The largest absolute Gasteiger partial charge is 0.372 e. The minimum absolute atomic E-state index is 0.0210. The first-order valence-electron chi connectivity index (χ1n) is 6.25. The van der Waals surface area contributed by atoms with Gasteiger partial charge in [0.2, 0.25) is 10.0 Å². The quantitative estimate of drug-likeness (QED) is 0.812. The van der Waals surface area contributed by atoms with Gasteiger partial charge in [-0.05, 0) is 31.0 Å². The highest BCUT2D eigenvalue weighted by Gasteiger charge is 2.39. The van der Waals surface area contributed by atoms with Gasteiger partial charge in [-0.25, -0.2) is 8.42 Å². The van der Waals surface area contributed by atoms with Crippen LogP contribution in [0.25, 0.3) is 0 Å². The first-order valence-corrected chi connectivity index (χ1v) is 7.69. The van der Waals surface area contributed by atoms with E-state index >= 15 is 0 Å². The molecule has 0 radical (unpaired) electrons. The molecular formula is C13H14N2O3S. The van der Waals surface area contributed by atoms with E-state index in [1.807, 2.05) is 6.07 Å². The number of nitriles is 1. The number of morpholine rings is 1. The molecule has 0 saturated carbocycles. The predicted octanol–water partition coefficient (Wildman–Crippen LogP) is 1.11. The molecule has 2 fully saturated rings. The van der Waals surface area contributed by atoms with Gasteiger partial charge >= 0.3 is 0 Å². The zero-order valence-electron chi connectivity index (χ0n) is 10.3. The smallest absolute Gasteiger partial charge is 0.243 e. The van der Waals surface area contributed by atoms with Gasteiger partial charge in [-0.15, -0.1) is 0 Å². The molecular weight excluding hydrogens is 264 g/mol. The minimum Gasteiger partial charge on any atom is -0.372 e. The molecule has 3 rings (SSSR count). The molecule has 0 N–H and O–H groups in total. The zero-order chi connectivity index (χ0) is 13.5. The SMILES string of the molecule is N#Cc1cccc(S(=O)(=O)N2CC3CCC(C2)O3)c1. The Morgan fingerprint density at radius 2 is 1.95 bits per heavy atom. The number of nitrogens with zero attached hydrogens (tertiary/aromatic N) is 2. The summed E-state index contributed by atoms with van der Waals surface area (Å²) in [5.41, 5.74) is 0.359. The van der Waals surface area contributed by atoms with Gasteiger partial charge in [0.1, 0.15) is 0 Å². The fourth-order valence-electron chi connectivity index (χ4n) is 2.65. The fourth-order valence-corrected chi connectivity index (χ4v) is 4.20. The number of hydrogen-bond acceptors (Lipinski definition) is 4. The van der Waals surface area contributed by atoms with E-state index in [4.69, 9.17) is 10.00 Å².